The van der Waals surface area contributed by atoms with Gasteiger partial charge in [-0.3, -0.25) is 9.69 Å². The third-order valence-corrected chi connectivity index (χ3v) is 5.39. The van der Waals surface area contributed by atoms with Crippen LogP contribution in [-0.2, 0) is 0 Å². The van der Waals surface area contributed by atoms with E-state index in [1.807, 2.05) is 11.0 Å². The average molecular weight is 393 g/mol. The van der Waals surface area contributed by atoms with Crippen LogP contribution in [0.3, 0.4) is 0 Å². The fourth-order valence-corrected chi connectivity index (χ4v) is 4.18. The van der Waals surface area contributed by atoms with Gasteiger partial charge in [0, 0.05) is 6.07 Å². The van der Waals surface area contributed by atoms with E-state index in [9.17, 15) is 4.79 Å². The quantitative estimate of drug-likeness (QED) is 0.582. The number of rotatable bonds is 2. The summed E-state index contributed by atoms with van der Waals surface area (Å²) >= 11 is 0. The Balaban J connectivity index is 1.75. The second-order valence-electron chi connectivity index (χ2n) is 7.18. The van der Waals surface area contributed by atoms with Crippen LogP contribution in [0.2, 0.25) is 0 Å². The maximum atomic E-state index is 12.8. The number of nitrogens with two attached hydrogens (primary N) is 2. The predicted molar refractivity (Wildman–Crippen MR) is 107 cm³/mol. The van der Waals surface area contributed by atoms with Crippen molar-refractivity contribution in [3.05, 3.63) is 34.5 Å². The molecule has 0 unspecified atom stereocenters. The molecule has 11 nitrogen and oxygen atoms in total. The Labute approximate surface area is 164 Å². The van der Waals surface area contributed by atoms with Crippen LogP contribution < -0.4 is 21.8 Å². The standard InChI is InChI=1S/C18H19N9O2/c19-16-21-17(20)27(18(22-16)7-2-1-3-8-18)11-6-4-5-10-12(28)9-13(29-14(10)11)15-23-25-26-24-15/h4-6,9H,1-3,7-8H2,(H4,19,20,21,22)(H,23,24,25,26). The highest BCUT2D eigenvalue weighted by Crippen LogP contribution is 2.41. The minimum atomic E-state index is -0.650. The fraction of sp³-hybridized carbons (Fsp3) is 0.333. The molecule has 5 N–H and O–H groups in total. The molecule has 1 aromatic carbocycles. The minimum Gasteiger partial charge on any atom is -0.450 e. The normalized spacial score (nSPS) is 18.7. The molecule has 0 radical (unpaired) electrons. The lowest BCUT2D eigenvalue weighted by Crippen LogP contribution is -2.58. The van der Waals surface area contributed by atoms with Gasteiger partial charge in [-0.05, 0) is 43.0 Å². The van der Waals surface area contributed by atoms with E-state index in [1.54, 1.807) is 12.1 Å². The van der Waals surface area contributed by atoms with Crippen molar-refractivity contribution in [2.75, 3.05) is 4.90 Å². The Morgan fingerprint density at radius 1 is 1.17 bits per heavy atom. The first-order valence-corrected chi connectivity index (χ1v) is 9.38. The second-order valence-corrected chi connectivity index (χ2v) is 7.18. The zero-order valence-corrected chi connectivity index (χ0v) is 15.5. The molecular formula is C18H19N9O2. The van der Waals surface area contributed by atoms with Crippen molar-refractivity contribution in [3.8, 4) is 11.6 Å². The molecule has 2 aromatic heterocycles. The van der Waals surface area contributed by atoms with Gasteiger partial charge >= 0.3 is 0 Å². The van der Waals surface area contributed by atoms with Crippen LogP contribution in [-0.4, -0.2) is 38.2 Å². The number of aromatic nitrogens is 4. The molecule has 1 fully saturated rings. The van der Waals surface area contributed by atoms with Gasteiger partial charge in [0.1, 0.15) is 5.66 Å². The van der Waals surface area contributed by atoms with Crippen LogP contribution >= 0.6 is 0 Å². The highest BCUT2D eigenvalue weighted by molar-refractivity contribution is 6.09. The molecule has 2 aliphatic rings. The minimum absolute atomic E-state index is 0.162. The van der Waals surface area contributed by atoms with Gasteiger partial charge in [0.2, 0.25) is 17.7 Å². The van der Waals surface area contributed by atoms with Gasteiger partial charge in [0.15, 0.2) is 16.8 Å². The molecule has 11 heteroatoms. The summed E-state index contributed by atoms with van der Waals surface area (Å²) in [5, 5.41) is 14.1. The number of nitrogens with one attached hydrogen (secondary N) is 1. The van der Waals surface area contributed by atoms with E-state index in [-0.39, 0.29) is 28.9 Å². The van der Waals surface area contributed by atoms with Crippen LogP contribution in [0, 0.1) is 0 Å². The highest BCUT2D eigenvalue weighted by atomic mass is 16.3. The Bertz CT molecular complexity index is 1190. The summed E-state index contributed by atoms with van der Waals surface area (Å²) in [7, 11) is 0. The number of benzene rings is 1. The Morgan fingerprint density at radius 3 is 2.76 bits per heavy atom. The van der Waals surface area contributed by atoms with E-state index >= 15 is 0 Å². The molecule has 0 amide bonds. The number of H-pyrrole nitrogens is 1. The van der Waals surface area contributed by atoms with Crippen LogP contribution in [0.1, 0.15) is 32.1 Å². The van der Waals surface area contributed by atoms with Crippen LogP contribution in [0.4, 0.5) is 5.69 Å². The summed E-state index contributed by atoms with van der Waals surface area (Å²) in [4.78, 5) is 23.5. The number of aromatic amines is 1. The summed E-state index contributed by atoms with van der Waals surface area (Å²) in [5.41, 5.74) is 12.4. The van der Waals surface area contributed by atoms with Crippen LogP contribution in [0.5, 0.6) is 0 Å². The first-order chi connectivity index (χ1) is 14.1. The number of guanidine groups is 2. The third kappa shape index (κ3) is 2.73. The summed E-state index contributed by atoms with van der Waals surface area (Å²) in [6.07, 6.45) is 4.64. The molecule has 3 aromatic rings. The van der Waals surface area contributed by atoms with Gasteiger partial charge in [0.25, 0.3) is 0 Å². The molecule has 3 heterocycles. The smallest absolute Gasteiger partial charge is 0.239 e. The van der Waals surface area contributed by atoms with E-state index < -0.39 is 5.66 Å². The number of aliphatic imine (C=N–C) groups is 2. The van der Waals surface area contributed by atoms with Crippen molar-refractivity contribution in [2.45, 2.75) is 37.8 Å². The monoisotopic (exact) mass is 393 g/mol. The number of anilines is 1. The number of nitrogens with zero attached hydrogens (tertiary/aromatic N) is 6. The van der Waals surface area contributed by atoms with Gasteiger partial charge in [-0.2, -0.15) is 10.2 Å². The fourth-order valence-electron chi connectivity index (χ4n) is 4.18. The summed E-state index contributed by atoms with van der Waals surface area (Å²) in [5.74, 6) is 0.778. The van der Waals surface area contributed by atoms with Gasteiger partial charge in [-0.15, -0.1) is 10.2 Å². The third-order valence-electron chi connectivity index (χ3n) is 5.39. The zero-order chi connectivity index (χ0) is 20.0. The van der Waals surface area contributed by atoms with E-state index in [0.29, 0.717) is 16.7 Å². The van der Waals surface area contributed by atoms with Crippen molar-refractivity contribution in [3.63, 3.8) is 0 Å². The van der Waals surface area contributed by atoms with Gasteiger partial charge < -0.3 is 15.9 Å². The predicted octanol–water partition coefficient (Wildman–Crippen LogP) is 1.08. The SMILES string of the molecule is NC1=NC2(CCCCC2)N(c2cccc3c(=O)cc(-c4nn[nH]n4)oc23)C(N)=N1. The molecule has 0 saturated heterocycles. The van der Waals surface area contributed by atoms with Gasteiger partial charge in [-0.25, -0.2) is 4.99 Å². The zero-order valence-electron chi connectivity index (χ0n) is 15.5. The molecule has 1 aliphatic carbocycles. The lowest BCUT2D eigenvalue weighted by molar-refractivity contribution is 0.305. The lowest BCUT2D eigenvalue weighted by Gasteiger charge is -2.45. The Kier molecular flexibility index (Phi) is 3.83. The number of hydrogen-bond donors (Lipinski definition) is 3. The summed E-state index contributed by atoms with van der Waals surface area (Å²) in [6, 6.07) is 6.67. The Morgan fingerprint density at radius 2 is 2.00 bits per heavy atom. The van der Waals surface area contributed by atoms with E-state index in [0.717, 1.165) is 32.1 Å². The molecule has 5 rings (SSSR count). The van der Waals surface area contributed by atoms with Crippen LogP contribution in [0.15, 0.2) is 43.5 Å². The van der Waals surface area contributed by atoms with Crippen LogP contribution in [0.25, 0.3) is 22.6 Å². The van der Waals surface area contributed by atoms with Gasteiger partial charge in [0.05, 0.1) is 11.1 Å². The summed E-state index contributed by atoms with van der Waals surface area (Å²) < 4.78 is 6.06. The number of tetrazole rings is 1. The topological polar surface area (TPSA) is 165 Å². The first-order valence-electron chi connectivity index (χ1n) is 9.38. The first kappa shape index (κ1) is 17.3. The number of fused-ring (bicyclic) bond motifs is 1. The van der Waals surface area contributed by atoms with Crippen molar-refractivity contribution in [1.29, 1.82) is 0 Å². The molecule has 148 valence electrons. The lowest BCUT2D eigenvalue weighted by atomic mass is 9.87. The second kappa shape index (κ2) is 6.40. The highest BCUT2D eigenvalue weighted by Gasteiger charge is 2.43. The molecule has 1 saturated carbocycles. The maximum Gasteiger partial charge on any atom is 0.239 e. The van der Waals surface area contributed by atoms with Crippen molar-refractivity contribution in [2.24, 2.45) is 21.5 Å². The summed E-state index contributed by atoms with van der Waals surface area (Å²) in [6.45, 7) is 0. The van der Waals surface area contributed by atoms with E-state index in [1.165, 1.54) is 6.07 Å². The molecule has 0 bridgehead atoms. The number of hydrogen-bond acceptors (Lipinski definition) is 10. The maximum absolute atomic E-state index is 12.8. The Hall–Kier alpha value is -3.76. The van der Waals surface area contributed by atoms with E-state index in [4.69, 9.17) is 15.9 Å². The molecule has 29 heavy (non-hydrogen) atoms. The largest absolute Gasteiger partial charge is 0.450 e. The van der Waals surface area contributed by atoms with Crippen molar-refractivity contribution >= 4 is 28.6 Å². The molecule has 1 spiro atoms. The average Bonchev–Trinajstić information content (AvgIpc) is 3.23. The van der Waals surface area contributed by atoms with Crippen molar-refractivity contribution in [1.82, 2.24) is 20.6 Å². The molecule has 1 aliphatic heterocycles. The molecule has 0 atom stereocenters. The van der Waals surface area contributed by atoms with Gasteiger partial charge in [-0.1, -0.05) is 12.5 Å². The number of para-hydroxylation sites is 1. The molecular weight excluding hydrogens is 374 g/mol. The van der Waals surface area contributed by atoms with Crippen molar-refractivity contribution < 1.29 is 4.42 Å². The van der Waals surface area contributed by atoms with E-state index in [2.05, 4.69) is 30.6 Å².